The highest BCUT2D eigenvalue weighted by Gasteiger charge is 2.38. The molecule has 0 radical (unpaired) electrons. The maximum Gasteiger partial charge on any atom is 0.162 e. The maximum absolute atomic E-state index is 5.41. The van der Waals surface area contributed by atoms with Gasteiger partial charge < -0.3 is 4.90 Å². The molecule has 0 N–H and O–H groups in total. The summed E-state index contributed by atoms with van der Waals surface area (Å²) in [5, 5.41) is 1.22. The van der Waals surface area contributed by atoms with Crippen molar-refractivity contribution in [3.63, 3.8) is 0 Å². The minimum absolute atomic E-state index is 0.00791. The van der Waals surface area contributed by atoms with Crippen LogP contribution in [0.1, 0.15) is 11.5 Å². The van der Waals surface area contributed by atoms with Gasteiger partial charge in [-0.15, -0.1) is 0 Å². The number of anilines is 2. The molecular weight excluding hydrogens is 705 g/mol. The zero-order valence-electron chi connectivity index (χ0n) is 31.7. The molecule has 2 unspecified atom stereocenters. The van der Waals surface area contributed by atoms with E-state index in [1.807, 2.05) is 12.1 Å². The van der Waals surface area contributed by atoms with Gasteiger partial charge in [0.1, 0.15) is 5.82 Å². The van der Waals surface area contributed by atoms with Crippen molar-refractivity contribution >= 4 is 22.3 Å². The molecule has 0 saturated heterocycles. The Bertz CT molecular complexity index is 2890. The number of benzene rings is 7. The van der Waals surface area contributed by atoms with Crippen molar-refractivity contribution in [1.82, 2.24) is 14.5 Å². The van der Waals surface area contributed by atoms with Gasteiger partial charge >= 0.3 is 0 Å². The highest BCUT2D eigenvalue weighted by atomic mass is 15.2. The lowest BCUT2D eigenvalue weighted by atomic mass is 9.85. The largest absolute Gasteiger partial charge is 0.333 e. The van der Waals surface area contributed by atoms with E-state index in [0.717, 1.165) is 50.8 Å². The van der Waals surface area contributed by atoms with E-state index in [4.69, 9.17) is 9.97 Å². The molecule has 0 saturated carbocycles. The van der Waals surface area contributed by atoms with Gasteiger partial charge in [0, 0.05) is 39.7 Å². The van der Waals surface area contributed by atoms with E-state index in [1.165, 1.54) is 33.2 Å². The molecule has 0 fully saturated rings. The molecule has 2 atom stereocenters. The Morgan fingerprint density at radius 3 is 1.71 bits per heavy atom. The van der Waals surface area contributed by atoms with Gasteiger partial charge in [-0.3, -0.25) is 4.57 Å². The van der Waals surface area contributed by atoms with Crippen LogP contribution in [0.15, 0.2) is 218 Å². The van der Waals surface area contributed by atoms with Crippen LogP contribution in [0.25, 0.3) is 72.9 Å². The van der Waals surface area contributed by atoms with Crippen LogP contribution in [0.4, 0.5) is 11.4 Å². The van der Waals surface area contributed by atoms with E-state index in [9.17, 15) is 0 Å². The molecule has 4 nitrogen and oxygen atoms in total. The molecule has 2 aliphatic rings. The smallest absolute Gasteiger partial charge is 0.162 e. The minimum atomic E-state index is -0.00791. The first-order valence-electron chi connectivity index (χ1n) is 19.9. The second-order valence-electron chi connectivity index (χ2n) is 15.0. The molecule has 274 valence electrons. The van der Waals surface area contributed by atoms with Crippen molar-refractivity contribution < 1.29 is 0 Å². The van der Waals surface area contributed by atoms with Crippen molar-refractivity contribution in [3.05, 3.63) is 224 Å². The lowest BCUT2D eigenvalue weighted by Crippen LogP contribution is -2.34. The predicted molar refractivity (Wildman–Crippen MR) is 239 cm³/mol. The Labute approximate surface area is 338 Å². The molecule has 1 aliphatic carbocycles. The van der Waals surface area contributed by atoms with Crippen molar-refractivity contribution in [1.29, 1.82) is 0 Å². The third-order valence-corrected chi connectivity index (χ3v) is 11.5. The number of allylic oxidation sites excluding steroid dienone is 2. The molecule has 9 aromatic rings. The first-order valence-corrected chi connectivity index (χ1v) is 19.9. The first-order chi connectivity index (χ1) is 28.8. The molecule has 0 amide bonds. The fourth-order valence-corrected chi connectivity index (χ4v) is 8.94. The predicted octanol–water partition coefficient (Wildman–Crippen LogP) is 13.5. The molecule has 4 heteroatoms. The lowest BCUT2D eigenvalue weighted by molar-refractivity contribution is 0.701. The van der Waals surface area contributed by atoms with E-state index >= 15 is 0 Å². The van der Waals surface area contributed by atoms with E-state index < -0.39 is 0 Å². The summed E-state index contributed by atoms with van der Waals surface area (Å²) in [5.41, 5.74) is 14.6. The van der Waals surface area contributed by atoms with Crippen LogP contribution in [0.5, 0.6) is 0 Å². The van der Waals surface area contributed by atoms with Crippen molar-refractivity contribution in [2.24, 2.45) is 0 Å². The van der Waals surface area contributed by atoms with Crippen LogP contribution in [-0.2, 0) is 0 Å². The molecule has 1 aliphatic heterocycles. The molecule has 0 spiro atoms. The summed E-state index contributed by atoms with van der Waals surface area (Å²) in [6.45, 7) is 0. The topological polar surface area (TPSA) is 34.0 Å². The van der Waals surface area contributed by atoms with Crippen LogP contribution in [0.2, 0.25) is 0 Å². The molecule has 0 bridgehead atoms. The lowest BCUT2D eigenvalue weighted by Gasteiger charge is -2.36. The van der Waals surface area contributed by atoms with E-state index in [-0.39, 0.29) is 12.0 Å². The quantitative estimate of drug-likeness (QED) is 0.170. The van der Waals surface area contributed by atoms with Gasteiger partial charge in [0.2, 0.25) is 0 Å². The fraction of sp³-hybridized carbons (Fsp3) is 0.0370. The first kappa shape index (κ1) is 33.8. The van der Waals surface area contributed by atoms with E-state index in [2.05, 4.69) is 216 Å². The summed E-state index contributed by atoms with van der Waals surface area (Å²) in [4.78, 5) is 13.2. The summed E-state index contributed by atoms with van der Waals surface area (Å²) >= 11 is 0. The Morgan fingerprint density at radius 1 is 0.448 bits per heavy atom. The molecular formula is C54H38N4. The highest BCUT2D eigenvalue weighted by molar-refractivity contribution is 6.00. The van der Waals surface area contributed by atoms with Crippen LogP contribution in [0.3, 0.4) is 0 Å². The van der Waals surface area contributed by atoms with Gasteiger partial charge in [0.15, 0.2) is 5.82 Å². The van der Waals surface area contributed by atoms with Gasteiger partial charge in [-0.05, 0) is 58.1 Å². The number of fused-ring (bicyclic) bond motifs is 7. The van der Waals surface area contributed by atoms with Gasteiger partial charge in [-0.1, -0.05) is 182 Å². The molecule has 2 aromatic heterocycles. The molecule has 3 heterocycles. The fourth-order valence-electron chi connectivity index (χ4n) is 8.94. The number of para-hydroxylation sites is 2. The van der Waals surface area contributed by atoms with Gasteiger partial charge in [-0.2, -0.15) is 0 Å². The Hall–Kier alpha value is -7.56. The summed E-state index contributed by atoms with van der Waals surface area (Å²) in [6, 6.07) is 69.2. The van der Waals surface area contributed by atoms with E-state index in [0.29, 0.717) is 5.82 Å². The Kier molecular flexibility index (Phi) is 8.25. The summed E-state index contributed by atoms with van der Waals surface area (Å²) in [6.07, 6.45) is 9.20. The van der Waals surface area contributed by atoms with Crippen LogP contribution in [-0.4, -0.2) is 20.6 Å². The number of rotatable bonds is 6. The van der Waals surface area contributed by atoms with Crippen molar-refractivity contribution in [3.8, 4) is 62.0 Å². The Morgan fingerprint density at radius 2 is 1.02 bits per heavy atom. The SMILES string of the molecule is C1=CC2c3c(n(-c4cc(-c5ccccc5)nc(-c5ccccc5)n4)c4ccccc34)-c3ccccc3N(c3cc(-c4ccccc4)cc(-c4ccccc4)c3)C2C=C1. The number of nitrogens with zero attached hydrogens (tertiary/aromatic N) is 4. The highest BCUT2D eigenvalue weighted by Crippen LogP contribution is 2.52. The average Bonchev–Trinajstić information content (AvgIpc) is 3.59. The third kappa shape index (κ3) is 5.77. The third-order valence-electron chi connectivity index (χ3n) is 11.5. The zero-order chi connectivity index (χ0) is 38.4. The zero-order valence-corrected chi connectivity index (χ0v) is 31.7. The van der Waals surface area contributed by atoms with Crippen molar-refractivity contribution in [2.45, 2.75) is 12.0 Å². The second kappa shape index (κ2) is 14.2. The average molecular weight is 743 g/mol. The normalized spacial score (nSPS) is 15.4. The minimum Gasteiger partial charge on any atom is -0.333 e. The van der Waals surface area contributed by atoms with Crippen molar-refractivity contribution in [2.75, 3.05) is 4.90 Å². The maximum atomic E-state index is 5.41. The number of hydrogen-bond donors (Lipinski definition) is 0. The van der Waals surface area contributed by atoms with Gasteiger partial charge in [-0.25, -0.2) is 9.97 Å². The number of aromatic nitrogens is 3. The molecule has 58 heavy (non-hydrogen) atoms. The van der Waals surface area contributed by atoms with Crippen LogP contribution < -0.4 is 4.90 Å². The molecule has 11 rings (SSSR count). The Balaban J connectivity index is 1.20. The number of hydrogen-bond acceptors (Lipinski definition) is 3. The standard InChI is InChI=1S/C54H38N4/c1-5-19-37(20-6-1)41-33-42(38-21-7-2-8-22-38)35-43(34-41)57-48-30-16-13-27-44(48)52-45-28-14-17-31-49(45)58(53(52)46-29-15-18-32-50(46)57)51-36-47(39-23-9-3-10-24-39)55-54(56-51)40-25-11-4-12-26-40/h1-36,44,48H. The summed E-state index contributed by atoms with van der Waals surface area (Å²) in [7, 11) is 0. The summed E-state index contributed by atoms with van der Waals surface area (Å²) in [5.74, 6) is 1.55. The van der Waals surface area contributed by atoms with Crippen LogP contribution >= 0.6 is 0 Å². The van der Waals surface area contributed by atoms with Gasteiger partial charge in [0.25, 0.3) is 0 Å². The monoisotopic (exact) mass is 742 g/mol. The van der Waals surface area contributed by atoms with Gasteiger partial charge in [0.05, 0.1) is 28.6 Å². The second-order valence-corrected chi connectivity index (χ2v) is 15.0. The van der Waals surface area contributed by atoms with E-state index in [1.54, 1.807) is 0 Å². The summed E-state index contributed by atoms with van der Waals surface area (Å²) < 4.78 is 2.40. The molecule has 7 aromatic carbocycles. The van der Waals surface area contributed by atoms with Crippen LogP contribution in [0, 0.1) is 0 Å².